The van der Waals surface area contributed by atoms with Crippen LogP contribution < -0.4 is 16.0 Å². The van der Waals surface area contributed by atoms with Gasteiger partial charge in [-0.05, 0) is 37.6 Å². The zero-order valence-electron chi connectivity index (χ0n) is 13.1. The van der Waals surface area contributed by atoms with Gasteiger partial charge in [-0.15, -0.1) is 0 Å². The molecule has 1 atom stereocenters. The third-order valence-electron chi connectivity index (χ3n) is 3.68. The van der Waals surface area contributed by atoms with E-state index in [4.69, 9.17) is 23.2 Å². The molecule has 0 saturated carbocycles. The van der Waals surface area contributed by atoms with Crippen LogP contribution in [0.25, 0.3) is 0 Å². The van der Waals surface area contributed by atoms with E-state index in [9.17, 15) is 14.4 Å². The normalized spacial score (nSPS) is 17.4. The number of hydrogen-bond acceptors (Lipinski definition) is 4. The van der Waals surface area contributed by atoms with Gasteiger partial charge in [0.05, 0.1) is 23.3 Å². The fraction of sp³-hybridized carbons (Fsp3) is 0.400. The van der Waals surface area contributed by atoms with Crippen molar-refractivity contribution in [2.75, 3.05) is 25.5 Å². The zero-order chi connectivity index (χ0) is 17.7. The highest BCUT2D eigenvalue weighted by molar-refractivity contribution is 6.35. The molecule has 24 heavy (non-hydrogen) atoms. The molecule has 3 N–H and O–H groups in total. The molecule has 1 aromatic carbocycles. The molecule has 1 saturated heterocycles. The van der Waals surface area contributed by atoms with Crippen molar-refractivity contribution in [2.45, 2.75) is 18.9 Å². The van der Waals surface area contributed by atoms with Gasteiger partial charge >= 0.3 is 6.03 Å². The van der Waals surface area contributed by atoms with Crippen molar-refractivity contribution >= 4 is 46.7 Å². The van der Waals surface area contributed by atoms with Crippen LogP contribution in [0.15, 0.2) is 18.2 Å². The van der Waals surface area contributed by atoms with Crippen LogP contribution in [0.4, 0.5) is 10.5 Å². The van der Waals surface area contributed by atoms with Crippen LogP contribution in [0.3, 0.4) is 0 Å². The summed E-state index contributed by atoms with van der Waals surface area (Å²) in [5.74, 6) is -0.723. The topological polar surface area (TPSA) is 90.5 Å². The minimum atomic E-state index is -0.578. The molecule has 1 aliphatic heterocycles. The monoisotopic (exact) mass is 372 g/mol. The van der Waals surface area contributed by atoms with Crippen LogP contribution in [0.2, 0.25) is 10.0 Å². The first-order valence-corrected chi connectivity index (χ1v) is 8.18. The van der Waals surface area contributed by atoms with Crippen molar-refractivity contribution in [1.29, 1.82) is 0 Å². The molecule has 1 heterocycles. The van der Waals surface area contributed by atoms with E-state index in [1.54, 1.807) is 23.1 Å². The van der Waals surface area contributed by atoms with Gasteiger partial charge in [-0.2, -0.15) is 0 Å². The molecule has 0 spiro atoms. The van der Waals surface area contributed by atoms with Gasteiger partial charge in [-0.3, -0.25) is 19.8 Å². The fourth-order valence-corrected chi connectivity index (χ4v) is 2.87. The van der Waals surface area contributed by atoms with Gasteiger partial charge in [0, 0.05) is 12.1 Å². The molecule has 1 unspecified atom stereocenters. The Kier molecular flexibility index (Phi) is 6.42. The third-order valence-corrected chi connectivity index (χ3v) is 4.24. The molecule has 0 aromatic heterocycles. The maximum absolute atomic E-state index is 12.5. The highest BCUT2D eigenvalue weighted by Gasteiger charge is 2.32. The molecule has 1 fully saturated rings. The van der Waals surface area contributed by atoms with Crippen molar-refractivity contribution in [1.82, 2.24) is 15.5 Å². The minimum Gasteiger partial charge on any atom is -0.341 e. The van der Waals surface area contributed by atoms with Crippen LogP contribution in [0.1, 0.15) is 12.8 Å². The Morgan fingerprint density at radius 3 is 2.75 bits per heavy atom. The van der Waals surface area contributed by atoms with Crippen LogP contribution in [0.5, 0.6) is 0 Å². The van der Waals surface area contributed by atoms with Gasteiger partial charge in [-0.1, -0.05) is 23.2 Å². The number of amides is 4. The van der Waals surface area contributed by atoms with E-state index in [-0.39, 0.29) is 12.5 Å². The average molecular weight is 373 g/mol. The summed E-state index contributed by atoms with van der Waals surface area (Å²) in [6.45, 7) is 0.567. The smallest absolute Gasteiger partial charge is 0.321 e. The molecule has 4 amide bonds. The summed E-state index contributed by atoms with van der Waals surface area (Å²) >= 11 is 12.0. The molecule has 9 heteroatoms. The molecular weight excluding hydrogens is 355 g/mol. The SMILES string of the molecule is CNC(=O)NC(=O)CN1CCCC1C(=O)Nc1cc(Cl)ccc1Cl. The van der Waals surface area contributed by atoms with E-state index in [0.29, 0.717) is 28.7 Å². The standard InChI is InChI=1S/C15H18Cl2N4O3/c1-18-15(24)20-13(22)8-21-6-2-3-12(21)14(23)19-11-7-9(16)4-5-10(11)17/h4-5,7,12H,2-3,6,8H2,1H3,(H,19,23)(H2,18,20,22,24). The number of hydrogen-bond donors (Lipinski definition) is 3. The predicted octanol–water partition coefficient (Wildman–Crippen LogP) is 1.85. The number of carbonyl (C=O) groups is 3. The van der Waals surface area contributed by atoms with Crippen molar-refractivity contribution in [3.63, 3.8) is 0 Å². The summed E-state index contributed by atoms with van der Waals surface area (Å²) in [6, 6.07) is 3.76. The number of halogens is 2. The number of carbonyl (C=O) groups excluding carboxylic acids is 3. The van der Waals surface area contributed by atoms with Crippen LogP contribution in [0, 0.1) is 0 Å². The van der Waals surface area contributed by atoms with Gasteiger partial charge in [0.2, 0.25) is 11.8 Å². The maximum atomic E-state index is 12.5. The second kappa shape index (κ2) is 8.32. The maximum Gasteiger partial charge on any atom is 0.321 e. The first-order valence-electron chi connectivity index (χ1n) is 7.42. The number of anilines is 1. The molecule has 0 radical (unpaired) electrons. The summed E-state index contributed by atoms with van der Waals surface area (Å²) in [5, 5.41) is 8.07. The summed E-state index contributed by atoms with van der Waals surface area (Å²) in [6.07, 6.45) is 1.41. The number of likely N-dealkylation sites (tertiary alicyclic amines) is 1. The third kappa shape index (κ3) is 4.83. The molecular formula is C15H18Cl2N4O3. The second-order valence-electron chi connectivity index (χ2n) is 5.37. The Morgan fingerprint density at radius 2 is 2.04 bits per heavy atom. The first-order chi connectivity index (χ1) is 11.4. The number of imide groups is 1. The zero-order valence-corrected chi connectivity index (χ0v) is 14.6. The number of rotatable bonds is 4. The van der Waals surface area contributed by atoms with Crippen LogP contribution in [-0.2, 0) is 9.59 Å². The van der Waals surface area contributed by atoms with Crippen molar-refractivity contribution in [2.24, 2.45) is 0 Å². The van der Waals surface area contributed by atoms with Gasteiger partial charge in [0.25, 0.3) is 0 Å². The Bertz CT molecular complexity index is 654. The molecule has 1 aromatic rings. The fourth-order valence-electron chi connectivity index (χ4n) is 2.53. The van der Waals surface area contributed by atoms with Crippen molar-refractivity contribution in [3.8, 4) is 0 Å². The number of nitrogens with zero attached hydrogens (tertiary/aromatic N) is 1. The highest BCUT2D eigenvalue weighted by Crippen LogP contribution is 2.27. The van der Waals surface area contributed by atoms with E-state index >= 15 is 0 Å². The quantitative estimate of drug-likeness (QED) is 0.752. The second-order valence-corrected chi connectivity index (χ2v) is 6.21. The van der Waals surface area contributed by atoms with Gasteiger partial charge in [0.1, 0.15) is 0 Å². The Morgan fingerprint density at radius 1 is 1.29 bits per heavy atom. The van der Waals surface area contributed by atoms with Crippen molar-refractivity contribution in [3.05, 3.63) is 28.2 Å². The number of benzene rings is 1. The van der Waals surface area contributed by atoms with Crippen LogP contribution >= 0.6 is 23.2 Å². The number of nitrogens with one attached hydrogen (secondary N) is 3. The largest absolute Gasteiger partial charge is 0.341 e. The van der Waals surface area contributed by atoms with E-state index in [1.807, 2.05) is 0 Å². The summed E-state index contributed by atoms with van der Waals surface area (Å²) < 4.78 is 0. The number of urea groups is 1. The van der Waals surface area contributed by atoms with Gasteiger partial charge in [-0.25, -0.2) is 4.79 Å². The molecule has 0 bridgehead atoms. The molecule has 1 aliphatic rings. The summed E-state index contributed by atoms with van der Waals surface area (Å²) in [7, 11) is 1.42. The van der Waals surface area contributed by atoms with E-state index in [2.05, 4.69) is 16.0 Å². The van der Waals surface area contributed by atoms with Gasteiger partial charge < -0.3 is 10.6 Å². The molecule has 0 aliphatic carbocycles. The molecule has 7 nitrogen and oxygen atoms in total. The van der Waals surface area contributed by atoms with E-state index < -0.39 is 18.0 Å². The lowest BCUT2D eigenvalue weighted by Gasteiger charge is -2.23. The van der Waals surface area contributed by atoms with Crippen LogP contribution in [-0.4, -0.2) is 48.9 Å². The summed E-state index contributed by atoms with van der Waals surface area (Å²) in [5.41, 5.74) is 0.427. The minimum absolute atomic E-state index is 0.0330. The Balaban J connectivity index is 1.99. The Hall–Kier alpha value is -1.83. The highest BCUT2D eigenvalue weighted by atomic mass is 35.5. The van der Waals surface area contributed by atoms with Crippen molar-refractivity contribution < 1.29 is 14.4 Å². The summed E-state index contributed by atoms with van der Waals surface area (Å²) in [4.78, 5) is 37.2. The Labute approximate surface area is 149 Å². The molecule has 2 rings (SSSR count). The van der Waals surface area contributed by atoms with Gasteiger partial charge in [0.15, 0.2) is 0 Å². The predicted molar refractivity (Wildman–Crippen MR) is 92.3 cm³/mol. The molecule has 130 valence electrons. The lowest BCUT2D eigenvalue weighted by atomic mass is 10.2. The van der Waals surface area contributed by atoms with E-state index in [0.717, 1.165) is 6.42 Å². The first kappa shape index (κ1) is 18.5. The lowest BCUT2D eigenvalue weighted by Crippen LogP contribution is -2.47. The average Bonchev–Trinajstić information content (AvgIpc) is 2.98. The van der Waals surface area contributed by atoms with E-state index in [1.165, 1.54) is 7.05 Å². The lowest BCUT2D eigenvalue weighted by molar-refractivity contribution is -0.124.